The van der Waals surface area contributed by atoms with Gasteiger partial charge >= 0.3 is 6.09 Å². The molecule has 7 nitrogen and oxygen atoms in total. The Morgan fingerprint density at radius 1 is 1.03 bits per heavy atom. The highest BCUT2D eigenvalue weighted by Crippen LogP contribution is 2.42. The van der Waals surface area contributed by atoms with E-state index in [0.717, 1.165) is 52.6 Å². The van der Waals surface area contributed by atoms with Crippen molar-refractivity contribution in [2.45, 2.75) is 24.8 Å². The Balaban J connectivity index is 1.64. The Labute approximate surface area is 185 Å². The van der Waals surface area contributed by atoms with Gasteiger partial charge in [-0.25, -0.2) is 19.7 Å². The topological polar surface area (TPSA) is 97.2 Å². The van der Waals surface area contributed by atoms with Crippen LogP contribution in [0.15, 0.2) is 67.0 Å². The number of amides is 1. The molecule has 2 N–H and O–H groups in total. The molecule has 4 aromatic rings. The zero-order chi connectivity index (χ0) is 22.1. The number of hydrogen-bond donors (Lipinski definition) is 2. The van der Waals surface area contributed by atoms with Crippen molar-refractivity contribution in [1.82, 2.24) is 20.3 Å². The molecule has 1 saturated carbocycles. The molecular weight excluding hydrogens is 404 g/mol. The molecule has 2 aromatic heterocycles. The lowest BCUT2D eigenvalue weighted by Crippen LogP contribution is -2.50. The quantitative estimate of drug-likeness (QED) is 0.465. The maximum atomic E-state index is 11.3. The molecule has 160 valence electrons. The fourth-order valence-corrected chi connectivity index (χ4v) is 4.35. The molecule has 7 heteroatoms. The molecule has 1 aliphatic rings. The summed E-state index contributed by atoms with van der Waals surface area (Å²) in [6.07, 6.45) is 3.07. The van der Waals surface area contributed by atoms with E-state index < -0.39 is 11.6 Å². The number of aromatic nitrogens is 3. The third-order valence-electron chi connectivity index (χ3n) is 6.13. The minimum absolute atomic E-state index is 0.480. The van der Waals surface area contributed by atoms with Gasteiger partial charge in [0.2, 0.25) is 5.88 Å². The third-order valence-corrected chi connectivity index (χ3v) is 6.13. The van der Waals surface area contributed by atoms with Crippen molar-refractivity contribution in [3.8, 4) is 28.3 Å². The van der Waals surface area contributed by atoms with Gasteiger partial charge in [0.25, 0.3) is 0 Å². The number of carbonyl (C=O) groups is 1. The Morgan fingerprint density at radius 3 is 2.41 bits per heavy atom. The summed E-state index contributed by atoms with van der Waals surface area (Å²) in [5, 5.41) is 12.7. The van der Waals surface area contributed by atoms with Crippen molar-refractivity contribution in [1.29, 1.82) is 0 Å². The number of carboxylic acid groups (broad SMARTS) is 1. The van der Waals surface area contributed by atoms with Crippen LogP contribution in [0.25, 0.3) is 33.4 Å². The largest absolute Gasteiger partial charge is 0.480 e. The predicted octanol–water partition coefficient (Wildman–Crippen LogP) is 5.01. The Bertz CT molecular complexity index is 1290. The number of methoxy groups -OCH3 is 1. The molecule has 2 aromatic carbocycles. The van der Waals surface area contributed by atoms with E-state index in [9.17, 15) is 9.90 Å². The Kier molecular flexibility index (Phi) is 4.93. The number of nitrogens with one attached hydrogen (secondary N) is 1. The SMILES string of the molecule is COc1ncnc2nc(-c3ccc(C4(NC(=O)O)CCC4)cc3)c(-c3ccccc3)cc12. The fraction of sp³-hybridized carbons (Fsp3) is 0.200. The van der Waals surface area contributed by atoms with Gasteiger partial charge in [-0.05, 0) is 36.5 Å². The standard InChI is InChI=1S/C25H22N4O3/c1-32-23-20-14-19(16-6-3-2-4-7-16)21(28-22(20)26-15-27-23)17-8-10-18(11-9-17)25(12-5-13-25)29-24(30)31/h2-4,6-11,14-15,29H,5,12-13H2,1H3,(H,30,31). The van der Waals surface area contributed by atoms with E-state index in [1.165, 1.54) is 6.33 Å². The molecule has 0 aliphatic heterocycles. The normalized spacial score (nSPS) is 14.5. The Hall–Kier alpha value is -4.00. The molecule has 0 saturated heterocycles. The minimum Gasteiger partial charge on any atom is -0.480 e. The van der Waals surface area contributed by atoms with Crippen LogP contribution in [0.4, 0.5) is 4.79 Å². The van der Waals surface area contributed by atoms with Gasteiger partial charge in [-0.1, -0.05) is 54.6 Å². The first-order valence-electron chi connectivity index (χ1n) is 10.5. The van der Waals surface area contributed by atoms with Gasteiger partial charge in [0.1, 0.15) is 6.33 Å². The van der Waals surface area contributed by atoms with Gasteiger partial charge < -0.3 is 15.2 Å². The maximum absolute atomic E-state index is 11.3. The molecule has 0 radical (unpaired) electrons. The lowest BCUT2D eigenvalue weighted by atomic mass is 9.71. The molecule has 1 fully saturated rings. The summed E-state index contributed by atoms with van der Waals surface area (Å²) < 4.78 is 5.42. The van der Waals surface area contributed by atoms with Crippen molar-refractivity contribution < 1.29 is 14.6 Å². The molecule has 0 spiro atoms. The number of ether oxygens (including phenoxy) is 1. The second-order valence-corrected chi connectivity index (χ2v) is 7.95. The number of benzene rings is 2. The fourth-order valence-electron chi connectivity index (χ4n) is 4.35. The average Bonchev–Trinajstić information content (AvgIpc) is 2.80. The van der Waals surface area contributed by atoms with Crippen LogP contribution >= 0.6 is 0 Å². The monoisotopic (exact) mass is 426 g/mol. The highest BCUT2D eigenvalue weighted by molar-refractivity contribution is 5.92. The van der Waals surface area contributed by atoms with Crippen LogP contribution in [-0.4, -0.2) is 33.3 Å². The summed E-state index contributed by atoms with van der Waals surface area (Å²) >= 11 is 0. The van der Waals surface area contributed by atoms with Crippen molar-refractivity contribution in [3.63, 3.8) is 0 Å². The van der Waals surface area contributed by atoms with Crippen LogP contribution in [0.5, 0.6) is 5.88 Å². The number of fused-ring (bicyclic) bond motifs is 1. The van der Waals surface area contributed by atoms with Crippen molar-refractivity contribution in [2.75, 3.05) is 7.11 Å². The molecule has 1 aliphatic carbocycles. The van der Waals surface area contributed by atoms with Crippen LogP contribution in [0.3, 0.4) is 0 Å². The zero-order valence-electron chi connectivity index (χ0n) is 17.6. The van der Waals surface area contributed by atoms with E-state index in [-0.39, 0.29) is 0 Å². The lowest BCUT2D eigenvalue weighted by Gasteiger charge is -2.42. The van der Waals surface area contributed by atoms with E-state index in [1.54, 1.807) is 7.11 Å². The van der Waals surface area contributed by atoms with Gasteiger partial charge in [-0.2, -0.15) is 0 Å². The van der Waals surface area contributed by atoms with Gasteiger partial charge in [-0.15, -0.1) is 0 Å². The summed E-state index contributed by atoms with van der Waals surface area (Å²) in [4.78, 5) is 24.7. The predicted molar refractivity (Wildman–Crippen MR) is 121 cm³/mol. The molecule has 0 atom stereocenters. The van der Waals surface area contributed by atoms with Crippen LogP contribution in [0.1, 0.15) is 24.8 Å². The molecule has 0 bridgehead atoms. The molecular formula is C25H22N4O3. The van der Waals surface area contributed by atoms with Crippen molar-refractivity contribution in [3.05, 3.63) is 72.6 Å². The van der Waals surface area contributed by atoms with Gasteiger partial charge in [-0.3, -0.25) is 0 Å². The molecule has 32 heavy (non-hydrogen) atoms. The van der Waals surface area contributed by atoms with Crippen molar-refractivity contribution in [2.24, 2.45) is 0 Å². The summed E-state index contributed by atoms with van der Waals surface area (Å²) in [6.45, 7) is 0. The van der Waals surface area contributed by atoms with Crippen molar-refractivity contribution >= 4 is 17.1 Å². The second kappa shape index (κ2) is 7.92. The van der Waals surface area contributed by atoms with E-state index in [0.29, 0.717) is 11.5 Å². The van der Waals surface area contributed by atoms with Gasteiger partial charge in [0.05, 0.1) is 23.7 Å². The van der Waals surface area contributed by atoms with E-state index >= 15 is 0 Å². The van der Waals surface area contributed by atoms with E-state index in [1.807, 2.05) is 60.7 Å². The van der Waals surface area contributed by atoms with Gasteiger partial charge in [0.15, 0.2) is 5.65 Å². The van der Waals surface area contributed by atoms with Crippen LogP contribution in [0.2, 0.25) is 0 Å². The lowest BCUT2D eigenvalue weighted by molar-refractivity contribution is 0.144. The summed E-state index contributed by atoms with van der Waals surface area (Å²) in [6, 6.07) is 20.0. The smallest absolute Gasteiger partial charge is 0.405 e. The van der Waals surface area contributed by atoms with Crippen LogP contribution in [0, 0.1) is 0 Å². The van der Waals surface area contributed by atoms with Gasteiger partial charge in [0, 0.05) is 11.1 Å². The van der Waals surface area contributed by atoms with Crippen LogP contribution in [-0.2, 0) is 5.54 Å². The molecule has 5 rings (SSSR count). The summed E-state index contributed by atoms with van der Waals surface area (Å²) in [7, 11) is 1.58. The first-order valence-corrected chi connectivity index (χ1v) is 10.5. The molecule has 1 amide bonds. The highest BCUT2D eigenvalue weighted by atomic mass is 16.5. The number of pyridine rings is 1. The molecule has 2 heterocycles. The number of rotatable bonds is 5. The first-order chi connectivity index (χ1) is 15.6. The highest BCUT2D eigenvalue weighted by Gasteiger charge is 2.40. The Morgan fingerprint density at radius 2 is 1.78 bits per heavy atom. The summed E-state index contributed by atoms with van der Waals surface area (Å²) in [5.74, 6) is 0.480. The third kappa shape index (κ3) is 3.41. The van der Waals surface area contributed by atoms with E-state index in [2.05, 4.69) is 15.3 Å². The summed E-state index contributed by atoms with van der Waals surface area (Å²) in [5.41, 5.74) is 4.72. The number of nitrogens with zero attached hydrogens (tertiary/aromatic N) is 3. The second-order valence-electron chi connectivity index (χ2n) is 7.95. The first kappa shape index (κ1) is 19.9. The number of hydrogen-bond acceptors (Lipinski definition) is 5. The van der Waals surface area contributed by atoms with E-state index in [4.69, 9.17) is 9.72 Å². The zero-order valence-corrected chi connectivity index (χ0v) is 17.6. The van der Waals surface area contributed by atoms with Crippen LogP contribution < -0.4 is 10.1 Å². The molecule has 0 unspecified atom stereocenters. The minimum atomic E-state index is -0.995. The maximum Gasteiger partial charge on any atom is 0.405 e. The average molecular weight is 426 g/mol.